The maximum atomic E-state index is 10.7. The van der Waals surface area contributed by atoms with Crippen molar-refractivity contribution < 1.29 is 9.90 Å². The van der Waals surface area contributed by atoms with Crippen LogP contribution in [0.3, 0.4) is 0 Å². The lowest BCUT2D eigenvalue weighted by Gasteiger charge is -2.17. The summed E-state index contributed by atoms with van der Waals surface area (Å²) >= 11 is 5.59. The molecule has 1 rings (SSSR count). The number of pyridine rings is 1. The van der Waals surface area contributed by atoms with Gasteiger partial charge >= 0.3 is 5.97 Å². The lowest BCUT2D eigenvalue weighted by atomic mass is 9.99. The van der Waals surface area contributed by atoms with Crippen LogP contribution in [0.25, 0.3) is 0 Å². The quantitative estimate of drug-likeness (QED) is 0.747. The van der Waals surface area contributed by atoms with Crippen molar-refractivity contribution in [1.29, 1.82) is 0 Å². The van der Waals surface area contributed by atoms with Crippen molar-refractivity contribution in [1.82, 2.24) is 4.98 Å². The highest BCUT2D eigenvalue weighted by Crippen LogP contribution is 2.17. The van der Waals surface area contributed by atoms with Crippen molar-refractivity contribution in [3.63, 3.8) is 0 Å². The monoisotopic (exact) mass is 200 g/mol. The molecule has 0 bridgehead atoms. The van der Waals surface area contributed by atoms with Gasteiger partial charge in [-0.1, -0.05) is 11.6 Å². The summed E-state index contributed by atoms with van der Waals surface area (Å²) in [6, 6.07) is 3.05. The lowest BCUT2D eigenvalue weighted by molar-refractivity contribution is -0.143. The fourth-order valence-corrected chi connectivity index (χ4v) is 0.904. The Labute approximate surface area is 80.3 Å². The van der Waals surface area contributed by atoms with Crippen LogP contribution >= 0.6 is 11.6 Å². The van der Waals surface area contributed by atoms with Crippen LogP contribution in [0.4, 0.5) is 0 Å². The Bertz CT molecular complexity index is 321. The summed E-state index contributed by atoms with van der Waals surface area (Å²) in [6.45, 7) is 1.38. The van der Waals surface area contributed by atoms with Crippen LogP contribution < -0.4 is 5.73 Å². The highest BCUT2D eigenvalue weighted by atomic mass is 35.5. The minimum atomic E-state index is -1.47. The fraction of sp³-hybridized carbons (Fsp3) is 0.250. The van der Waals surface area contributed by atoms with Crippen LogP contribution in [-0.2, 0) is 10.3 Å². The largest absolute Gasteiger partial charge is 0.480 e. The molecule has 3 N–H and O–H groups in total. The van der Waals surface area contributed by atoms with Gasteiger partial charge in [-0.05, 0) is 19.1 Å². The zero-order valence-electron chi connectivity index (χ0n) is 6.99. The van der Waals surface area contributed by atoms with E-state index < -0.39 is 11.5 Å². The number of aliphatic carboxylic acids is 1. The van der Waals surface area contributed by atoms with Crippen molar-refractivity contribution in [2.24, 2.45) is 5.73 Å². The van der Waals surface area contributed by atoms with Gasteiger partial charge in [0.25, 0.3) is 0 Å². The summed E-state index contributed by atoms with van der Waals surface area (Å²) in [4.78, 5) is 14.5. The van der Waals surface area contributed by atoms with E-state index in [1.165, 1.54) is 19.2 Å². The number of aromatic nitrogens is 1. The summed E-state index contributed by atoms with van der Waals surface area (Å²) in [5, 5.41) is 9.22. The van der Waals surface area contributed by atoms with Crippen LogP contribution in [0, 0.1) is 0 Å². The highest BCUT2D eigenvalue weighted by Gasteiger charge is 2.31. The molecule has 1 aromatic heterocycles. The predicted molar refractivity (Wildman–Crippen MR) is 48.4 cm³/mol. The topological polar surface area (TPSA) is 76.2 Å². The van der Waals surface area contributed by atoms with Gasteiger partial charge < -0.3 is 10.8 Å². The minimum Gasteiger partial charge on any atom is -0.480 e. The Balaban J connectivity index is 3.08. The predicted octanol–water partition coefficient (Wildman–Crippen LogP) is 0.994. The van der Waals surface area contributed by atoms with E-state index in [1.54, 1.807) is 6.07 Å². The number of carboxylic acid groups (broad SMARTS) is 1. The van der Waals surface area contributed by atoms with E-state index in [-0.39, 0.29) is 5.69 Å². The minimum absolute atomic E-state index is 0.282. The first-order valence-electron chi connectivity index (χ1n) is 3.59. The molecule has 0 fully saturated rings. The smallest absolute Gasteiger partial charge is 0.329 e. The molecule has 0 radical (unpaired) electrons. The molecule has 0 aromatic carbocycles. The van der Waals surface area contributed by atoms with Crippen molar-refractivity contribution in [3.8, 4) is 0 Å². The third-order valence-electron chi connectivity index (χ3n) is 1.70. The molecule has 0 aliphatic rings. The second kappa shape index (κ2) is 3.32. The standard InChI is InChI=1S/C8H9ClN2O2/c1-8(10,7(12)13)6-3-2-5(9)4-11-6/h2-4H,10H2,1H3,(H,12,13). The maximum absolute atomic E-state index is 10.7. The average molecular weight is 201 g/mol. The van der Waals surface area contributed by atoms with E-state index >= 15 is 0 Å². The molecule has 0 saturated heterocycles. The van der Waals surface area contributed by atoms with Crippen molar-refractivity contribution >= 4 is 17.6 Å². The Kier molecular flexibility index (Phi) is 2.54. The number of nitrogens with zero attached hydrogens (tertiary/aromatic N) is 1. The van der Waals surface area contributed by atoms with E-state index in [4.69, 9.17) is 22.4 Å². The Morgan fingerprint density at radius 3 is 2.69 bits per heavy atom. The molecule has 0 aliphatic carbocycles. The van der Waals surface area contributed by atoms with Gasteiger partial charge in [-0.2, -0.15) is 0 Å². The molecule has 0 spiro atoms. The number of nitrogens with two attached hydrogens (primary N) is 1. The first-order valence-corrected chi connectivity index (χ1v) is 3.96. The van der Waals surface area contributed by atoms with Crippen LogP contribution in [0.2, 0.25) is 5.02 Å². The van der Waals surface area contributed by atoms with E-state index in [2.05, 4.69) is 4.98 Å². The molecular formula is C8H9ClN2O2. The first kappa shape index (κ1) is 9.95. The normalized spacial score (nSPS) is 15.0. The van der Waals surface area contributed by atoms with Crippen molar-refractivity contribution in [3.05, 3.63) is 29.0 Å². The molecule has 0 saturated carbocycles. The zero-order chi connectivity index (χ0) is 10.1. The number of hydrogen-bond acceptors (Lipinski definition) is 3. The van der Waals surface area contributed by atoms with Gasteiger partial charge in [-0.25, -0.2) is 4.79 Å². The van der Waals surface area contributed by atoms with Crippen molar-refractivity contribution in [2.45, 2.75) is 12.5 Å². The van der Waals surface area contributed by atoms with E-state index in [0.29, 0.717) is 5.02 Å². The molecule has 13 heavy (non-hydrogen) atoms. The third-order valence-corrected chi connectivity index (χ3v) is 1.93. The molecule has 70 valence electrons. The van der Waals surface area contributed by atoms with Gasteiger partial charge in [0.1, 0.15) is 0 Å². The zero-order valence-corrected chi connectivity index (χ0v) is 7.75. The molecule has 1 aromatic rings. The molecule has 1 heterocycles. The summed E-state index contributed by atoms with van der Waals surface area (Å²) in [6.07, 6.45) is 1.37. The van der Waals surface area contributed by atoms with Crippen LogP contribution in [-0.4, -0.2) is 16.1 Å². The third kappa shape index (κ3) is 1.96. The van der Waals surface area contributed by atoms with Gasteiger partial charge in [-0.15, -0.1) is 0 Å². The SMILES string of the molecule is CC(N)(C(=O)O)c1ccc(Cl)cn1. The van der Waals surface area contributed by atoms with E-state index in [9.17, 15) is 4.79 Å². The molecule has 1 unspecified atom stereocenters. The lowest BCUT2D eigenvalue weighted by Crippen LogP contribution is -2.42. The molecule has 5 heteroatoms. The summed E-state index contributed by atoms with van der Waals surface area (Å²) in [7, 11) is 0. The Morgan fingerprint density at radius 2 is 2.31 bits per heavy atom. The molecule has 4 nitrogen and oxygen atoms in total. The molecule has 0 amide bonds. The van der Waals surface area contributed by atoms with E-state index in [1.807, 2.05) is 0 Å². The van der Waals surface area contributed by atoms with Crippen LogP contribution in [0.5, 0.6) is 0 Å². The second-order valence-corrected chi connectivity index (χ2v) is 3.31. The Morgan fingerprint density at radius 1 is 1.69 bits per heavy atom. The fourth-order valence-electron chi connectivity index (χ4n) is 0.793. The molecular weight excluding hydrogens is 192 g/mol. The van der Waals surface area contributed by atoms with Crippen LogP contribution in [0.1, 0.15) is 12.6 Å². The highest BCUT2D eigenvalue weighted by molar-refractivity contribution is 6.30. The number of rotatable bonds is 2. The maximum Gasteiger partial charge on any atom is 0.329 e. The molecule has 0 aliphatic heterocycles. The van der Waals surface area contributed by atoms with E-state index in [0.717, 1.165) is 0 Å². The van der Waals surface area contributed by atoms with Gasteiger partial charge in [0.05, 0.1) is 10.7 Å². The number of halogens is 1. The van der Waals surface area contributed by atoms with Crippen molar-refractivity contribution in [2.75, 3.05) is 0 Å². The average Bonchev–Trinajstić information content (AvgIpc) is 2.04. The summed E-state index contributed by atoms with van der Waals surface area (Å²) in [5.41, 5.74) is 4.34. The Hall–Kier alpha value is -1.13. The van der Waals surface area contributed by atoms with Gasteiger partial charge in [0, 0.05) is 6.20 Å². The van der Waals surface area contributed by atoms with Gasteiger partial charge in [0.15, 0.2) is 5.54 Å². The summed E-state index contributed by atoms with van der Waals surface area (Å²) < 4.78 is 0. The molecule has 1 atom stereocenters. The van der Waals surface area contributed by atoms with Gasteiger partial charge in [-0.3, -0.25) is 4.98 Å². The number of carboxylic acids is 1. The number of hydrogen-bond donors (Lipinski definition) is 2. The number of carbonyl (C=O) groups is 1. The summed E-state index contributed by atoms with van der Waals surface area (Å²) in [5.74, 6) is -1.12. The second-order valence-electron chi connectivity index (χ2n) is 2.87. The van der Waals surface area contributed by atoms with Crippen LogP contribution in [0.15, 0.2) is 18.3 Å². The van der Waals surface area contributed by atoms with Gasteiger partial charge in [0.2, 0.25) is 0 Å². The first-order chi connectivity index (χ1) is 5.94.